The third kappa shape index (κ3) is 3.22. The van der Waals surface area contributed by atoms with E-state index in [1.54, 1.807) is 26.0 Å². The summed E-state index contributed by atoms with van der Waals surface area (Å²) in [6, 6.07) is 3.46. The van der Waals surface area contributed by atoms with E-state index in [4.69, 9.17) is 4.42 Å². The van der Waals surface area contributed by atoms with E-state index >= 15 is 0 Å². The first-order valence-corrected chi connectivity index (χ1v) is 7.23. The lowest BCUT2D eigenvalue weighted by molar-refractivity contribution is -0.147. The maximum Gasteiger partial charge on any atom is 0.242 e. The number of carbonyl (C=O) groups excluding carboxylic acids is 3. The Bertz CT molecular complexity index is 494. The summed E-state index contributed by atoms with van der Waals surface area (Å²) in [5, 5.41) is 2.01. The van der Waals surface area contributed by atoms with Crippen LogP contribution in [0, 0.1) is 0 Å². The van der Waals surface area contributed by atoms with Crippen LogP contribution < -0.4 is 5.32 Å². The van der Waals surface area contributed by atoms with Crippen molar-refractivity contribution in [3.8, 4) is 0 Å². The second-order valence-electron chi connectivity index (χ2n) is 4.54. The van der Waals surface area contributed by atoms with E-state index in [1.165, 1.54) is 18.0 Å². The van der Waals surface area contributed by atoms with Crippen LogP contribution in [0.2, 0.25) is 0 Å². The molecule has 6 nitrogen and oxygen atoms in total. The summed E-state index contributed by atoms with van der Waals surface area (Å²) in [7, 11) is 0. The Kier molecular flexibility index (Phi) is 4.49. The molecule has 0 aromatic carbocycles. The first kappa shape index (κ1) is 14.6. The Balaban J connectivity index is 1.91. The van der Waals surface area contributed by atoms with Crippen molar-refractivity contribution in [2.24, 2.45) is 0 Å². The van der Waals surface area contributed by atoms with Crippen molar-refractivity contribution in [1.82, 2.24) is 10.2 Å². The van der Waals surface area contributed by atoms with Crippen molar-refractivity contribution in [2.45, 2.75) is 30.9 Å². The fourth-order valence-electron chi connectivity index (χ4n) is 1.92. The molecule has 1 aliphatic rings. The number of imide groups is 1. The largest absolute Gasteiger partial charge is 0.467 e. The summed E-state index contributed by atoms with van der Waals surface area (Å²) < 4.78 is 5.08. The number of hydrogen-bond donors (Lipinski definition) is 1. The molecule has 2 rings (SSSR count). The van der Waals surface area contributed by atoms with Gasteiger partial charge >= 0.3 is 0 Å². The molecule has 108 valence electrons. The predicted molar refractivity (Wildman–Crippen MR) is 73.8 cm³/mol. The number of nitrogens with zero attached hydrogens (tertiary/aromatic N) is 1. The molecule has 1 saturated heterocycles. The monoisotopic (exact) mass is 296 g/mol. The van der Waals surface area contributed by atoms with Gasteiger partial charge in [-0.2, -0.15) is 0 Å². The molecule has 0 radical (unpaired) electrons. The van der Waals surface area contributed by atoms with Gasteiger partial charge in [-0.05, 0) is 26.0 Å². The van der Waals surface area contributed by atoms with E-state index in [-0.39, 0.29) is 41.3 Å². The molecule has 0 saturated carbocycles. The normalized spacial score (nSPS) is 23.0. The summed E-state index contributed by atoms with van der Waals surface area (Å²) in [5.74, 6) is -0.390. The number of nitrogens with one attached hydrogen (secondary N) is 1. The van der Waals surface area contributed by atoms with Crippen LogP contribution in [0.3, 0.4) is 0 Å². The molecule has 7 heteroatoms. The number of amides is 3. The van der Waals surface area contributed by atoms with Crippen molar-refractivity contribution < 1.29 is 18.8 Å². The third-order valence-electron chi connectivity index (χ3n) is 2.98. The molecule has 0 aliphatic carbocycles. The summed E-state index contributed by atoms with van der Waals surface area (Å²) in [6.07, 6.45) is 1.51. The maximum atomic E-state index is 11.9. The van der Waals surface area contributed by atoms with E-state index < -0.39 is 0 Å². The lowest BCUT2D eigenvalue weighted by Gasteiger charge is -2.31. The lowest BCUT2D eigenvalue weighted by atomic mass is 10.3. The molecule has 1 aromatic rings. The molecule has 3 amide bonds. The van der Waals surface area contributed by atoms with E-state index in [1.807, 2.05) is 0 Å². The van der Waals surface area contributed by atoms with E-state index in [0.717, 1.165) is 4.90 Å². The Morgan fingerprint density at radius 2 is 2.00 bits per heavy atom. The van der Waals surface area contributed by atoms with Gasteiger partial charge < -0.3 is 9.73 Å². The summed E-state index contributed by atoms with van der Waals surface area (Å²) in [5.41, 5.74) is 0. The van der Waals surface area contributed by atoms with Crippen LogP contribution in [0.4, 0.5) is 0 Å². The number of thioether (sulfide) groups is 1. The van der Waals surface area contributed by atoms with Gasteiger partial charge in [0.1, 0.15) is 12.3 Å². The first-order chi connectivity index (χ1) is 9.49. The third-order valence-corrected chi connectivity index (χ3v) is 4.20. The van der Waals surface area contributed by atoms with Gasteiger partial charge in [0.2, 0.25) is 17.7 Å². The van der Waals surface area contributed by atoms with Gasteiger partial charge in [0.25, 0.3) is 0 Å². The number of furan rings is 1. The standard InChI is InChI=1S/C13H16N2O4S/c1-8-12(17)15(13(18)9(2)20-8)7-11(16)14-6-10-4-3-5-19-10/h3-5,8-9H,6-7H2,1-2H3,(H,14,16)/t8-,9-/m0/s1. The molecule has 1 fully saturated rings. The molecule has 0 spiro atoms. The zero-order valence-electron chi connectivity index (χ0n) is 11.3. The van der Waals surface area contributed by atoms with Crippen LogP contribution in [-0.2, 0) is 20.9 Å². The molecule has 2 heterocycles. The van der Waals surface area contributed by atoms with Gasteiger partial charge in [0, 0.05) is 0 Å². The molecule has 1 aromatic heterocycles. The van der Waals surface area contributed by atoms with E-state index in [2.05, 4.69) is 5.32 Å². The van der Waals surface area contributed by atoms with Crippen molar-refractivity contribution in [3.05, 3.63) is 24.2 Å². The van der Waals surface area contributed by atoms with Crippen LogP contribution in [0.25, 0.3) is 0 Å². The smallest absolute Gasteiger partial charge is 0.242 e. The predicted octanol–water partition coefficient (Wildman–Crippen LogP) is 0.775. The highest BCUT2D eigenvalue weighted by atomic mass is 32.2. The molecule has 1 aliphatic heterocycles. The van der Waals surface area contributed by atoms with Crippen molar-refractivity contribution in [1.29, 1.82) is 0 Å². The molecule has 2 atom stereocenters. The zero-order chi connectivity index (χ0) is 14.7. The van der Waals surface area contributed by atoms with Crippen LogP contribution in [-0.4, -0.2) is 39.7 Å². The van der Waals surface area contributed by atoms with Gasteiger partial charge in [-0.3, -0.25) is 19.3 Å². The van der Waals surface area contributed by atoms with Crippen LogP contribution in [0.15, 0.2) is 22.8 Å². The van der Waals surface area contributed by atoms with Crippen LogP contribution in [0.1, 0.15) is 19.6 Å². The highest BCUT2D eigenvalue weighted by Gasteiger charge is 2.37. The maximum absolute atomic E-state index is 11.9. The SMILES string of the molecule is C[C@@H]1S[C@@H](C)C(=O)N(CC(=O)NCc2ccco2)C1=O. The molecular formula is C13H16N2O4S. The minimum atomic E-state index is -0.380. The Hall–Kier alpha value is -1.76. The Morgan fingerprint density at radius 3 is 2.55 bits per heavy atom. The second kappa shape index (κ2) is 6.13. The van der Waals surface area contributed by atoms with Crippen molar-refractivity contribution in [3.63, 3.8) is 0 Å². The fourth-order valence-corrected chi connectivity index (χ4v) is 3.02. The highest BCUT2D eigenvalue weighted by Crippen LogP contribution is 2.26. The summed E-state index contributed by atoms with van der Waals surface area (Å²) >= 11 is 1.31. The zero-order valence-corrected chi connectivity index (χ0v) is 12.1. The fraction of sp³-hybridized carbons (Fsp3) is 0.462. The van der Waals surface area contributed by atoms with Gasteiger partial charge in [-0.25, -0.2) is 0 Å². The van der Waals surface area contributed by atoms with E-state index in [9.17, 15) is 14.4 Å². The minimum absolute atomic E-state index is 0.238. The Labute approximate surface area is 120 Å². The van der Waals surface area contributed by atoms with E-state index in [0.29, 0.717) is 5.76 Å². The number of hydrogen-bond acceptors (Lipinski definition) is 5. The molecule has 20 heavy (non-hydrogen) atoms. The van der Waals surface area contributed by atoms with Crippen molar-refractivity contribution >= 4 is 29.5 Å². The average Bonchev–Trinajstić information content (AvgIpc) is 2.92. The molecular weight excluding hydrogens is 280 g/mol. The highest BCUT2D eigenvalue weighted by molar-refractivity contribution is 8.02. The van der Waals surface area contributed by atoms with Gasteiger partial charge in [-0.15, -0.1) is 11.8 Å². The topological polar surface area (TPSA) is 79.6 Å². The first-order valence-electron chi connectivity index (χ1n) is 6.29. The van der Waals surface area contributed by atoms with Gasteiger partial charge in [-0.1, -0.05) is 0 Å². The Morgan fingerprint density at radius 1 is 1.35 bits per heavy atom. The van der Waals surface area contributed by atoms with Crippen LogP contribution in [0.5, 0.6) is 0 Å². The second-order valence-corrected chi connectivity index (χ2v) is 6.23. The molecule has 1 N–H and O–H groups in total. The van der Waals surface area contributed by atoms with Gasteiger partial charge in [0.15, 0.2) is 0 Å². The number of rotatable bonds is 4. The van der Waals surface area contributed by atoms with Crippen LogP contribution >= 0.6 is 11.8 Å². The molecule has 0 bridgehead atoms. The molecule has 0 unspecified atom stereocenters. The number of carbonyl (C=O) groups is 3. The minimum Gasteiger partial charge on any atom is -0.467 e. The van der Waals surface area contributed by atoms with Crippen molar-refractivity contribution in [2.75, 3.05) is 6.54 Å². The summed E-state index contributed by atoms with van der Waals surface area (Å²) in [4.78, 5) is 36.7. The summed E-state index contributed by atoms with van der Waals surface area (Å²) in [6.45, 7) is 3.48. The quantitative estimate of drug-likeness (QED) is 0.830. The lowest BCUT2D eigenvalue weighted by Crippen LogP contribution is -2.53. The average molecular weight is 296 g/mol. The van der Waals surface area contributed by atoms with Gasteiger partial charge in [0.05, 0.1) is 23.3 Å².